The molecule has 0 radical (unpaired) electrons. The quantitative estimate of drug-likeness (QED) is 0.0321. The van der Waals surface area contributed by atoms with E-state index in [0.717, 1.165) is 70.6 Å². The van der Waals surface area contributed by atoms with Gasteiger partial charge in [-0.1, -0.05) is 269 Å². The molecule has 6 nitrogen and oxygen atoms in total. The number of aliphatic hydroxyl groups is 2. The normalized spacial score (nSPS) is 12.8. The molecule has 2 unspecified atom stereocenters. The summed E-state index contributed by atoms with van der Waals surface area (Å²) in [5, 5.41) is 23.4. The average Bonchev–Trinajstić information content (AvgIpc) is 3.34. The van der Waals surface area contributed by atoms with Crippen molar-refractivity contribution in [2.45, 2.75) is 334 Å². The van der Waals surface area contributed by atoms with Gasteiger partial charge in [0.25, 0.3) is 0 Å². The first-order valence-corrected chi connectivity index (χ1v) is 30.2. The molecule has 0 aromatic rings. The number of carbonyl (C=O) groups is 2. The van der Waals surface area contributed by atoms with Crippen molar-refractivity contribution in [1.29, 1.82) is 0 Å². The molecule has 1 amide bonds. The number of hydrogen-bond donors (Lipinski definition) is 3. The first-order valence-electron chi connectivity index (χ1n) is 30.2. The minimum atomic E-state index is -0.677. The van der Waals surface area contributed by atoms with Crippen LogP contribution in [0.4, 0.5) is 0 Å². The van der Waals surface area contributed by atoms with Crippen LogP contribution in [-0.2, 0) is 14.3 Å². The van der Waals surface area contributed by atoms with Gasteiger partial charge in [0, 0.05) is 12.8 Å². The predicted molar refractivity (Wildman–Crippen MR) is 296 cm³/mol. The fourth-order valence-electron chi connectivity index (χ4n) is 9.26. The van der Waals surface area contributed by atoms with E-state index >= 15 is 0 Å². The van der Waals surface area contributed by atoms with Gasteiger partial charge in [0.2, 0.25) is 5.91 Å². The summed E-state index contributed by atoms with van der Waals surface area (Å²) in [4.78, 5) is 24.5. The SMILES string of the molecule is CCC/C=C\C/C=C\CCCCCCCC(=O)OCCCCCCCCC/C=C\CCCCCCCC(=O)NC(CO)C(O)CCCCCCCCCCCCCCCCCCCCCCCC. The standard InChI is InChI=1S/C62H117NO5/c1-3-5-7-9-11-13-15-17-18-19-20-21-22-23-24-27-31-34-38-42-46-50-54-60(65)59(58-64)63-61(66)55-51-47-43-39-35-32-28-25-26-29-33-37-41-45-49-53-57-68-62(67)56-52-48-44-40-36-30-16-14-12-10-8-6-4-2/h8,10,14,16,25,28,59-60,64-65H,3-7,9,11-13,15,17-24,26-27,29-58H2,1-2H3,(H,63,66)/b10-8-,16-14-,28-25-. The number of carbonyl (C=O) groups excluding carboxylic acids is 2. The van der Waals surface area contributed by atoms with Crippen LogP contribution >= 0.6 is 0 Å². The highest BCUT2D eigenvalue weighted by molar-refractivity contribution is 5.76. The van der Waals surface area contributed by atoms with E-state index in [1.807, 2.05) is 0 Å². The highest BCUT2D eigenvalue weighted by Gasteiger charge is 2.20. The molecule has 3 N–H and O–H groups in total. The molecular weight excluding hydrogens is 839 g/mol. The van der Waals surface area contributed by atoms with Crippen molar-refractivity contribution in [2.24, 2.45) is 0 Å². The summed E-state index contributed by atoms with van der Waals surface area (Å²) in [5.41, 5.74) is 0. The van der Waals surface area contributed by atoms with Gasteiger partial charge in [-0.25, -0.2) is 0 Å². The number of ether oxygens (including phenoxy) is 1. The van der Waals surface area contributed by atoms with Crippen LogP contribution in [0.5, 0.6) is 0 Å². The Morgan fingerprint density at radius 2 is 0.765 bits per heavy atom. The van der Waals surface area contributed by atoms with Gasteiger partial charge >= 0.3 is 5.97 Å². The molecule has 0 aliphatic carbocycles. The average molecular weight is 957 g/mol. The maximum atomic E-state index is 12.5. The lowest BCUT2D eigenvalue weighted by atomic mass is 10.0. The van der Waals surface area contributed by atoms with Crippen LogP contribution in [0.2, 0.25) is 0 Å². The van der Waals surface area contributed by atoms with Gasteiger partial charge in [0.1, 0.15) is 0 Å². The molecule has 68 heavy (non-hydrogen) atoms. The number of hydrogen-bond acceptors (Lipinski definition) is 5. The number of rotatable bonds is 56. The molecule has 2 atom stereocenters. The minimum absolute atomic E-state index is 0.0179. The van der Waals surface area contributed by atoms with Crippen LogP contribution in [0.3, 0.4) is 0 Å². The molecule has 0 aromatic heterocycles. The lowest BCUT2D eigenvalue weighted by molar-refractivity contribution is -0.143. The second-order valence-electron chi connectivity index (χ2n) is 20.7. The summed E-state index contributed by atoms with van der Waals surface area (Å²) < 4.78 is 5.45. The molecule has 0 saturated heterocycles. The second-order valence-corrected chi connectivity index (χ2v) is 20.7. The first kappa shape index (κ1) is 66.1. The van der Waals surface area contributed by atoms with Crippen molar-refractivity contribution in [2.75, 3.05) is 13.2 Å². The third kappa shape index (κ3) is 53.4. The molecule has 0 spiro atoms. The maximum Gasteiger partial charge on any atom is 0.305 e. The molecule has 0 saturated carbocycles. The lowest BCUT2D eigenvalue weighted by Crippen LogP contribution is -2.45. The third-order valence-corrected chi connectivity index (χ3v) is 13.9. The molecule has 0 heterocycles. The van der Waals surface area contributed by atoms with E-state index in [4.69, 9.17) is 4.74 Å². The fraction of sp³-hybridized carbons (Fsp3) is 0.871. The molecule has 0 aliphatic rings. The zero-order valence-corrected chi connectivity index (χ0v) is 45.6. The highest BCUT2D eigenvalue weighted by Crippen LogP contribution is 2.17. The highest BCUT2D eigenvalue weighted by atomic mass is 16.5. The summed E-state index contributed by atoms with van der Waals surface area (Å²) >= 11 is 0. The Hall–Kier alpha value is -1.92. The van der Waals surface area contributed by atoms with Crippen LogP contribution in [0, 0.1) is 0 Å². The van der Waals surface area contributed by atoms with E-state index in [9.17, 15) is 19.8 Å². The van der Waals surface area contributed by atoms with E-state index in [1.54, 1.807) is 0 Å². The van der Waals surface area contributed by atoms with E-state index in [-0.39, 0.29) is 18.5 Å². The second kappa shape index (κ2) is 57.7. The molecule has 0 bridgehead atoms. The molecular formula is C62H117NO5. The Balaban J connectivity index is 3.47. The van der Waals surface area contributed by atoms with Gasteiger partial charge in [-0.3, -0.25) is 9.59 Å². The van der Waals surface area contributed by atoms with Gasteiger partial charge in [-0.2, -0.15) is 0 Å². The van der Waals surface area contributed by atoms with Crippen LogP contribution in [0.25, 0.3) is 0 Å². The van der Waals surface area contributed by atoms with Crippen molar-refractivity contribution < 1.29 is 24.5 Å². The van der Waals surface area contributed by atoms with Crippen molar-refractivity contribution >= 4 is 11.9 Å². The van der Waals surface area contributed by atoms with E-state index in [2.05, 4.69) is 55.6 Å². The van der Waals surface area contributed by atoms with Crippen LogP contribution in [0.1, 0.15) is 322 Å². The molecule has 0 aromatic carbocycles. The number of esters is 1. The number of unbranched alkanes of at least 4 members (excludes halogenated alkanes) is 39. The molecule has 0 rings (SSSR count). The number of amides is 1. The van der Waals surface area contributed by atoms with E-state index in [1.165, 1.54) is 218 Å². The summed E-state index contributed by atoms with van der Waals surface area (Å²) in [5.74, 6) is -0.0680. The molecule has 0 aliphatic heterocycles. The van der Waals surface area contributed by atoms with Gasteiger partial charge in [0.05, 0.1) is 25.4 Å². The van der Waals surface area contributed by atoms with E-state index in [0.29, 0.717) is 25.9 Å². The third-order valence-electron chi connectivity index (χ3n) is 13.9. The van der Waals surface area contributed by atoms with Crippen molar-refractivity contribution in [3.8, 4) is 0 Å². The Labute approximate surface area is 424 Å². The smallest absolute Gasteiger partial charge is 0.305 e. The van der Waals surface area contributed by atoms with Crippen molar-refractivity contribution in [3.63, 3.8) is 0 Å². The molecule has 400 valence electrons. The Morgan fingerprint density at radius 1 is 0.412 bits per heavy atom. The van der Waals surface area contributed by atoms with Gasteiger partial charge < -0.3 is 20.3 Å². The lowest BCUT2D eigenvalue weighted by Gasteiger charge is -2.22. The predicted octanol–water partition coefficient (Wildman–Crippen LogP) is 18.8. The van der Waals surface area contributed by atoms with Gasteiger partial charge in [-0.15, -0.1) is 0 Å². The zero-order valence-electron chi connectivity index (χ0n) is 45.6. The maximum absolute atomic E-state index is 12.5. The molecule has 6 heteroatoms. The Morgan fingerprint density at radius 3 is 1.19 bits per heavy atom. The van der Waals surface area contributed by atoms with Gasteiger partial charge in [-0.05, 0) is 77.0 Å². The Bertz CT molecular complexity index is 1100. The Kier molecular flexibility index (Phi) is 56.0. The van der Waals surface area contributed by atoms with Crippen LogP contribution in [-0.4, -0.2) is 47.4 Å². The van der Waals surface area contributed by atoms with E-state index < -0.39 is 12.1 Å². The number of aliphatic hydroxyl groups excluding tert-OH is 2. The summed E-state index contributed by atoms with van der Waals surface area (Å²) in [6, 6.07) is -0.556. The molecule has 0 fully saturated rings. The first-order chi connectivity index (χ1) is 33.5. The number of allylic oxidation sites excluding steroid dienone is 6. The largest absolute Gasteiger partial charge is 0.466 e. The fourth-order valence-corrected chi connectivity index (χ4v) is 9.26. The van der Waals surface area contributed by atoms with Crippen molar-refractivity contribution in [1.82, 2.24) is 5.32 Å². The number of nitrogens with one attached hydrogen (secondary N) is 1. The summed E-state index contributed by atoms with van der Waals surface area (Å²) in [6.45, 7) is 4.87. The minimum Gasteiger partial charge on any atom is -0.466 e. The monoisotopic (exact) mass is 956 g/mol. The summed E-state index contributed by atoms with van der Waals surface area (Å²) in [6.07, 6.45) is 71.4. The van der Waals surface area contributed by atoms with Crippen molar-refractivity contribution in [3.05, 3.63) is 36.5 Å². The summed E-state index contributed by atoms with van der Waals surface area (Å²) in [7, 11) is 0. The van der Waals surface area contributed by atoms with Gasteiger partial charge in [0.15, 0.2) is 0 Å². The van der Waals surface area contributed by atoms with Crippen LogP contribution in [0.15, 0.2) is 36.5 Å². The zero-order chi connectivity index (χ0) is 49.3. The van der Waals surface area contributed by atoms with Crippen LogP contribution < -0.4 is 5.32 Å². The topological polar surface area (TPSA) is 95.9 Å².